The van der Waals surface area contributed by atoms with E-state index in [1.807, 2.05) is 6.92 Å². The molecule has 0 aromatic heterocycles. The fourth-order valence-electron chi connectivity index (χ4n) is 3.47. The van der Waals surface area contributed by atoms with E-state index >= 15 is 0 Å². The molecule has 220 valence electrons. The zero-order valence-electron chi connectivity index (χ0n) is 28.1. The van der Waals surface area contributed by atoms with Crippen molar-refractivity contribution < 1.29 is 18.1 Å². The van der Waals surface area contributed by atoms with Crippen LogP contribution in [0.15, 0.2) is 6.07 Å². The summed E-state index contributed by atoms with van der Waals surface area (Å²) in [7, 11) is -6.28. The summed E-state index contributed by atoms with van der Waals surface area (Å²) in [6.07, 6.45) is 1.51. The molecular formula is C31H60O4Si3. The molecule has 0 fully saturated rings. The van der Waals surface area contributed by atoms with Gasteiger partial charge in [0.2, 0.25) is 16.6 Å². The number of hydrogen-bond donors (Lipinski definition) is 0. The molecule has 38 heavy (non-hydrogen) atoms. The molecule has 0 heterocycles. The van der Waals surface area contributed by atoms with Gasteiger partial charge in [-0.1, -0.05) is 69.2 Å². The first-order valence-electron chi connectivity index (χ1n) is 14.3. The monoisotopic (exact) mass is 580 g/mol. The lowest BCUT2D eigenvalue weighted by atomic mass is 9.92. The Labute approximate surface area is 239 Å². The standard InChI is InChI=1S/C31H60O4Si3/c1-22(21-32)26(33-36(13,14)29(4,5)6)19-25-23(2)27(34-37(15,16)30(7,8)9)20-28(24(25)3)35-38(17,18)31(10,11)12/h20-22,26H,19H2,1-18H3/t22-,26-/m1/s1. The maximum absolute atomic E-state index is 12.1. The summed E-state index contributed by atoms with van der Waals surface area (Å²) in [4.78, 5) is 12.1. The lowest BCUT2D eigenvalue weighted by molar-refractivity contribution is -0.113. The van der Waals surface area contributed by atoms with Gasteiger partial charge in [-0.15, -0.1) is 0 Å². The van der Waals surface area contributed by atoms with Crippen LogP contribution < -0.4 is 8.85 Å². The van der Waals surface area contributed by atoms with Gasteiger partial charge in [-0.3, -0.25) is 0 Å². The Hall–Kier alpha value is -0.899. The minimum absolute atomic E-state index is 0.0574. The van der Waals surface area contributed by atoms with Gasteiger partial charge in [-0.05, 0) is 91.4 Å². The van der Waals surface area contributed by atoms with Crippen LogP contribution in [0.4, 0.5) is 0 Å². The van der Waals surface area contributed by atoms with Gasteiger partial charge in [0.25, 0.3) is 0 Å². The van der Waals surface area contributed by atoms with Gasteiger partial charge in [-0.2, -0.15) is 0 Å². The molecule has 1 aromatic rings. The smallest absolute Gasteiger partial charge is 0.250 e. The molecule has 0 N–H and O–H groups in total. The maximum Gasteiger partial charge on any atom is 0.250 e. The molecule has 2 atom stereocenters. The highest BCUT2D eigenvalue weighted by Crippen LogP contribution is 2.45. The Balaban J connectivity index is 3.81. The molecule has 1 rings (SSSR count). The Morgan fingerprint density at radius 3 is 1.34 bits per heavy atom. The van der Waals surface area contributed by atoms with Crippen molar-refractivity contribution in [1.82, 2.24) is 0 Å². The fourth-order valence-corrected chi connectivity index (χ4v) is 7.01. The highest BCUT2D eigenvalue weighted by molar-refractivity contribution is 6.75. The molecule has 7 heteroatoms. The summed E-state index contributed by atoms with van der Waals surface area (Å²) in [6.45, 7) is 40.4. The van der Waals surface area contributed by atoms with E-state index in [-0.39, 0.29) is 27.1 Å². The second-order valence-electron chi connectivity index (χ2n) is 15.9. The van der Waals surface area contributed by atoms with Gasteiger partial charge in [-0.25, -0.2) is 0 Å². The molecule has 0 radical (unpaired) electrons. The first-order valence-corrected chi connectivity index (χ1v) is 23.0. The molecule has 0 unspecified atom stereocenters. The zero-order valence-corrected chi connectivity index (χ0v) is 31.1. The Bertz CT molecular complexity index is 925. The van der Waals surface area contributed by atoms with Gasteiger partial charge in [0.1, 0.15) is 17.8 Å². The molecular weight excluding hydrogens is 521 g/mol. The zero-order chi connectivity index (χ0) is 30.3. The summed E-state index contributed by atoms with van der Waals surface area (Å²) in [5.41, 5.74) is 3.46. The quantitative estimate of drug-likeness (QED) is 0.204. The van der Waals surface area contributed by atoms with Gasteiger partial charge in [0, 0.05) is 12.0 Å². The van der Waals surface area contributed by atoms with Crippen molar-refractivity contribution in [1.29, 1.82) is 0 Å². The van der Waals surface area contributed by atoms with Crippen molar-refractivity contribution in [2.24, 2.45) is 5.92 Å². The van der Waals surface area contributed by atoms with Crippen molar-refractivity contribution in [3.05, 3.63) is 22.8 Å². The third-order valence-electron chi connectivity index (χ3n) is 9.71. The number of rotatable bonds is 10. The molecule has 1 aromatic carbocycles. The SMILES string of the molecule is Cc1c(O[Si](C)(C)C(C)(C)C)cc(O[Si](C)(C)C(C)(C)C)c(C)c1C[C@@H](O[Si](C)(C)C(C)(C)C)[C@H](C)C=O. The topological polar surface area (TPSA) is 44.8 Å². The molecule has 0 aliphatic rings. The molecule has 0 spiro atoms. The Morgan fingerprint density at radius 1 is 0.711 bits per heavy atom. The number of hydrogen-bond acceptors (Lipinski definition) is 4. The number of carbonyl (C=O) groups excluding carboxylic acids is 1. The van der Waals surface area contributed by atoms with E-state index in [0.29, 0.717) is 6.42 Å². The summed E-state index contributed by atoms with van der Waals surface area (Å²) in [5, 5.41) is 0.206. The first kappa shape index (κ1) is 35.1. The van der Waals surface area contributed by atoms with Crippen LogP contribution in [0.2, 0.25) is 54.4 Å². The van der Waals surface area contributed by atoms with Crippen LogP contribution in [0, 0.1) is 19.8 Å². The normalized spacial score (nSPS) is 15.7. The summed E-state index contributed by atoms with van der Waals surface area (Å²) in [5.74, 6) is 1.61. The molecule has 0 bridgehead atoms. The molecule has 0 saturated heterocycles. The van der Waals surface area contributed by atoms with Crippen molar-refractivity contribution in [3.63, 3.8) is 0 Å². The Kier molecular flexibility index (Phi) is 10.7. The van der Waals surface area contributed by atoms with Crippen LogP contribution in [-0.2, 0) is 15.6 Å². The van der Waals surface area contributed by atoms with E-state index in [9.17, 15) is 4.79 Å². The average molecular weight is 581 g/mol. The Morgan fingerprint density at radius 2 is 1.05 bits per heavy atom. The van der Waals surface area contributed by atoms with Crippen molar-refractivity contribution in [2.45, 2.75) is 150 Å². The second kappa shape index (κ2) is 11.5. The average Bonchev–Trinajstić information content (AvgIpc) is 2.70. The van der Waals surface area contributed by atoms with Gasteiger partial charge in [0.15, 0.2) is 8.32 Å². The molecule has 0 aliphatic carbocycles. The van der Waals surface area contributed by atoms with Gasteiger partial charge < -0.3 is 18.1 Å². The van der Waals surface area contributed by atoms with Gasteiger partial charge >= 0.3 is 0 Å². The van der Waals surface area contributed by atoms with E-state index in [0.717, 1.165) is 28.9 Å². The lowest BCUT2D eigenvalue weighted by Crippen LogP contribution is -2.46. The molecule has 0 amide bonds. The van der Waals surface area contributed by atoms with E-state index < -0.39 is 25.0 Å². The van der Waals surface area contributed by atoms with Crippen LogP contribution in [0.25, 0.3) is 0 Å². The van der Waals surface area contributed by atoms with Gasteiger partial charge in [0.05, 0.1) is 6.10 Å². The summed E-state index contributed by atoms with van der Waals surface area (Å²) in [6, 6.07) is 2.14. The third-order valence-corrected chi connectivity index (χ3v) is 22.9. The maximum atomic E-state index is 12.1. The minimum Gasteiger partial charge on any atom is -0.543 e. The van der Waals surface area contributed by atoms with E-state index in [1.165, 1.54) is 5.56 Å². The highest BCUT2D eigenvalue weighted by atomic mass is 28.4. The largest absolute Gasteiger partial charge is 0.543 e. The molecule has 0 saturated carbocycles. The van der Waals surface area contributed by atoms with Crippen LogP contribution in [0.1, 0.15) is 85.9 Å². The predicted molar refractivity (Wildman–Crippen MR) is 173 cm³/mol. The predicted octanol–water partition coefficient (Wildman–Crippen LogP) is 9.84. The summed E-state index contributed by atoms with van der Waals surface area (Å²) < 4.78 is 20.8. The van der Waals surface area contributed by atoms with Crippen molar-refractivity contribution in [3.8, 4) is 11.5 Å². The minimum atomic E-state index is -2.10. The van der Waals surface area contributed by atoms with E-state index in [4.69, 9.17) is 13.3 Å². The van der Waals surface area contributed by atoms with Crippen LogP contribution in [0.3, 0.4) is 0 Å². The second-order valence-corrected chi connectivity index (χ2v) is 30.1. The van der Waals surface area contributed by atoms with E-state index in [1.54, 1.807) is 0 Å². The first-order chi connectivity index (χ1) is 16.7. The molecule has 0 aliphatic heterocycles. The number of benzene rings is 1. The van der Waals surface area contributed by atoms with Crippen LogP contribution in [-0.4, -0.2) is 37.3 Å². The van der Waals surface area contributed by atoms with Crippen molar-refractivity contribution in [2.75, 3.05) is 0 Å². The highest BCUT2D eigenvalue weighted by Gasteiger charge is 2.43. The number of carbonyl (C=O) groups is 1. The fraction of sp³-hybridized carbons (Fsp3) is 0.774. The number of aldehydes is 1. The van der Waals surface area contributed by atoms with Crippen molar-refractivity contribution >= 4 is 31.2 Å². The van der Waals surface area contributed by atoms with E-state index in [2.05, 4.69) is 122 Å². The van der Waals surface area contributed by atoms with Crippen LogP contribution in [0.5, 0.6) is 11.5 Å². The molecule has 4 nitrogen and oxygen atoms in total. The van der Waals surface area contributed by atoms with Crippen LogP contribution >= 0.6 is 0 Å². The third kappa shape index (κ3) is 8.07. The summed E-state index contributed by atoms with van der Waals surface area (Å²) >= 11 is 0. The lowest BCUT2D eigenvalue weighted by Gasteiger charge is -2.41.